The van der Waals surface area contributed by atoms with Crippen LogP contribution < -0.4 is 10.1 Å². The molecule has 1 N–H and O–H groups in total. The van der Waals surface area contributed by atoms with Gasteiger partial charge in [-0.25, -0.2) is 4.39 Å². The smallest absolute Gasteiger partial charge is 0.148 e. The van der Waals surface area contributed by atoms with E-state index in [9.17, 15) is 4.39 Å². The van der Waals surface area contributed by atoms with Crippen molar-refractivity contribution in [3.8, 4) is 18.1 Å². The molecule has 2 nitrogen and oxygen atoms in total. The first-order chi connectivity index (χ1) is 10.2. The van der Waals surface area contributed by atoms with Crippen LogP contribution in [0.15, 0.2) is 48.5 Å². The second kappa shape index (κ2) is 7.47. The number of hydrogen-bond acceptors (Lipinski definition) is 2. The van der Waals surface area contributed by atoms with Crippen LogP contribution in [0.25, 0.3) is 0 Å². The van der Waals surface area contributed by atoms with Crippen LogP contribution >= 0.6 is 0 Å². The van der Waals surface area contributed by atoms with Crippen LogP contribution in [0.3, 0.4) is 0 Å². The third kappa shape index (κ3) is 4.34. The van der Waals surface area contributed by atoms with E-state index < -0.39 is 0 Å². The van der Waals surface area contributed by atoms with Crippen LogP contribution in [0.5, 0.6) is 5.75 Å². The Bertz CT molecular complexity index is 616. The molecular weight excluding hydrogens is 265 g/mol. The van der Waals surface area contributed by atoms with Crippen molar-refractivity contribution in [3.63, 3.8) is 0 Å². The molecule has 2 aromatic carbocycles. The summed E-state index contributed by atoms with van der Waals surface area (Å²) >= 11 is 0. The molecule has 2 rings (SSSR count). The maximum absolute atomic E-state index is 12.9. The number of ether oxygens (including phenoxy) is 1. The van der Waals surface area contributed by atoms with Crippen LogP contribution in [0.4, 0.5) is 4.39 Å². The Balaban J connectivity index is 1.99. The average Bonchev–Trinajstić information content (AvgIpc) is 2.52. The molecular formula is C18H18FNO. The molecule has 0 aliphatic rings. The Hall–Kier alpha value is -2.31. The summed E-state index contributed by atoms with van der Waals surface area (Å²) in [6, 6.07) is 14.4. The first kappa shape index (κ1) is 15.1. The molecule has 0 aliphatic heterocycles. The monoisotopic (exact) mass is 283 g/mol. The van der Waals surface area contributed by atoms with E-state index in [1.54, 1.807) is 12.1 Å². The van der Waals surface area contributed by atoms with E-state index in [0.717, 1.165) is 16.9 Å². The maximum Gasteiger partial charge on any atom is 0.148 e. The lowest BCUT2D eigenvalue weighted by Crippen LogP contribution is -2.18. The highest BCUT2D eigenvalue weighted by atomic mass is 19.1. The number of nitrogens with one attached hydrogen (secondary N) is 1. The number of rotatable bonds is 6. The largest absolute Gasteiger partial charge is 0.481 e. The normalized spacial score (nSPS) is 11.7. The van der Waals surface area contributed by atoms with Gasteiger partial charge in [-0.3, -0.25) is 0 Å². The predicted molar refractivity (Wildman–Crippen MR) is 82.4 cm³/mol. The summed E-state index contributed by atoms with van der Waals surface area (Å²) in [5.74, 6) is 3.02. The van der Waals surface area contributed by atoms with Gasteiger partial charge < -0.3 is 10.1 Å². The summed E-state index contributed by atoms with van der Waals surface area (Å²) in [6.45, 7) is 2.95. The van der Waals surface area contributed by atoms with Gasteiger partial charge in [0.2, 0.25) is 0 Å². The van der Waals surface area contributed by atoms with Gasteiger partial charge in [-0.2, -0.15) is 0 Å². The lowest BCUT2D eigenvalue weighted by Gasteiger charge is -2.16. The van der Waals surface area contributed by atoms with Crippen LogP contribution in [0.2, 0.25) is 0 Å². The van der Waals surface area contributed by atoms with Crippen LogP contribution in [0.1, 0.15) is 24.1 Å². The lowest BCUT2D eigenvalue weighted by atomic mass is 10.1. The zero-order chi connectivity index (χ0) is 15.1. The topological polar surface area (TPSA) is 21.3 Å². The second-order valence-corrected chi connectivity index (χ2v) is 4.75. The van der Waals surface area contributed by atoms with Crippen molar-refractivity contribution in [1.82, 2.24) is 5.32 Å². The highest BCUT2D eigenvalue weighted by Crippen LogP contribution is 2.19. The van der Waals surface area contributed by atoms with E-state index >= 15 is 0 Å². The van der Waals surface area contributed by atoms with Gasteiger partial charge in [-0.15, -0.1) is 6.42 Å². The molecule has 0 aliphatic carbocycles. The van der Waals surface area contributed by atoms with Gasteiger partial charge in [0.15, 0.2) is 0 Å². The van der Waals surface area contributed by atoms with Gasteiger partial charge in [0.25, 0.3) is 0 Å². The van der Waals surface area contributed by atoms with Crippen molar-refractivity contribution in [2.75, 3.05) is 6.61 Å². The SMILES string of the molecule is C#CCOc1ccccc1CN[C@H](C)c1ccc(F)cc1. The first-order valence-electron chi connectivity index (χ1n) is 6.83. The quantitative estimate of drug-likeness (QED) is 0.816. The van der Waals surface area contributed by atoms with Crippen molar-refractivity contribution in [3.05, 3.63) is 65.5 Å². The number of terminal acetylenes is 1. The predicted octanol–water partition coefficient (Wildman–Crippen LogP) is 3.69. The van der Waals surface area contributed by atoms with E-state index in [0.29, 0.717) is 6.54 Å². The second-order valence-electron chi connectivity index (χ2n) is 4.75. The molecule has 0 amide bonds. The highest BCUT2D eigenvalue weighted by molar-refractivity contribution is 5.33. The van der Waals surface area contributed by atoms with Crippen LogP contribution in [-0.4, -0.2) is 6.61 Å². The van der Waals surface area contributed by atoms with Crippen molar-refractivity contribution >= 4 is 0 Å². The summed E-state index contributed by atoms with van der Waals surface area (Å²) in [4.78, 5) is 0. The van der Waals surface area contributed by atoms with Gasteiger partial charge in [-0.1, -0.05) is 36.3 Å². The Morgan fingerprint density at radius 1 is 1.19 bits per heavy atom. The summed E-state index contributed by atoms with van der Waals surface area (Å²) < 4.78 is 18.4. The molecule has 3 heteroatoms. The molecule has 2 aromatic rings. The van der Waals surface area contributed by atoms with E-state index in [-0.39, 0.29) is 18.5 Å². The molecule has 21 heavy (non-hydrogen) atoms. The van der Waals surface area contributed by atoms with Crippen molar-refractivity contribution in [2.24, 2.45) is 0 Å². The number of benzene rings is 2. The molecule has 0 radical (unpaired) electrons. The van der Waals surface area contributed by atoms with Crippen LogP contribution in [0, 0.1) is 18.2 Å². The molecule has 0 unspecified atom stereocenters. The summed E-state index contributed by atoms with van der Waals surface area (Å²) in [7, 11) is 0. The molecule has 0 fully saturated rings. The zero-order valence-corrected chi connectivity index (χ0v) is 12.0. The molecule has 0 aromatic heterocycles. The fraction of sp³-hybridized carbons (Fsp3) is 0.222. The number of halogens is 1. The Morgan fingerprint density at radius 3 is 2.62 bits per heavy atom. The molecule has 0 saturated heterocycles. The number of hydrogen-bond donors (Lipinski definition) is 1. The lowest BCUT2D eigenvalue weighted by molar-refractivity contribution is 0.364. The van der Waals surface area contributed by atoms with Gasteiger partial charge in [0.05, 0.1) is 0 Å². The first-order valence-corrected chi connectivity index (χ1v) is 6.83. The molecule has 0 bridgehead atoms. The molecule has 1 atom stereocenters. The van der Waals surface area contributed by atoms with Crippen molar-refractivity contribution < 1.29 is 9.13 Å². The zero-order valence-electron chi connectivity index (χ0n) is 12.0. The third-order valence-corrected chi connectivity index (χ3v) is 3.25. The van der Waals surface area contributed by atoms with Gasteiger partial charge >= 0.3 is 0 Å². The minimum absolute atomic E-state index is 0.117. The summed E-state index contributed by atoms with van der Waals surface area (Å²) in [5, 5.41) is 3.40. The summed E-state index contributed by atoms with van der Waals surface area (Å²) in [6.07, 6.45) is 5.22. The number of para-hydroxylation sites is 1. The van der Waals surface area contributed by atoms with Crippen molar-refractivity contribution in [1.29, 1.82) is 0 Å². The standard InChI is InChI=1S/C18H18FNO/c1-3-12-21-18-7-5-4-6-16(18)13-20-14(2)15-8-10-17(19)11-9-15/h1,4-11,14,20H,12-13H2,2H3/t14-/m1/s1. The van der Waals surface area contributed by atoms with Gasteiger partial charge in [0.1, 0.15) is 18.2 Å². The molecule has 0 spiro atoms. The van der Waals surface area contributed by atoms with Crippen LogP contribution in [-0.2, 0) is 6.54 Å². The molecule has 0 heterocycles. The third-order valence-electron chi connectivity index (χ3n) is 3.25. The fourth-order valence-corrected chi connectivity index (χ4v) is 2.04. The van der Waals surface area contributed by atoms with E-state index in [1.807, 2.05) is 31.2 Å². The average molecular weight is 283 g/mol. The van der Waals surface area contributed by atoms with Gasteiger partial charge in [0, 0.05) is 18.2 Å². The minimum Gasteiger partial charge on any atom is -0.481 e. The molecule has 0 saturated carbocycles. The highest BCUT2D eigenvalue weighted by Gasteiger charge is 2.07. The molecule has 108 valence electrons. The summed E-state index contributed by atoms with van der Waals surface area (Å²) in [5.41, 5.74) is 2.08. The van der Waals surface area contributed by atoms with Crippen molar-refractivity contribution in [2.45, 2.75) is 19.5 Å². The van der Waals surface area contributed by atoms with Gasteiger partial charge in [-0.05, 0) is 30.7 Å². The maximum atomic E-state index is 12.9. The Labute approximate surface area is 125 Å². The van der Waals surface area contributed by atoms with E-state index in [2.05, 4.69) is 11.2 Å². The van der Waals surface area contributed by atoms with E-state index in [4.69, 9.17) is 11.2 Å². The minimum atomic E-state index is -0.223. The fourth-order valence-electron chi connectivity index (χ4n) is 2.04. The Morgan fingerprint density at radius 2 is 1.90 bits per heavy atom. The van der Waals surface area contributed by atoms with E-state index in [1.165, 1.54) is 12.1 Å². The Kier molecular flexibility index (Phi) is 5.36.